The molecule has 1 aliphatic heterocycles. The zero-order valence-electron chi connectivity index (χ0n) is 13.3. The molecular formula is C17H22N4O. The third kappa shape index (κ3) is 1.96. The topological polar surface area (TPSA) is 58.4 Å². The van der Waals surface area contributed by atoms with Crippen molar-refractivity contribution < 1.29 is 4.79 Å². The first-order chi connectivity index (χ1) is 10.5. The van der Waals surface area contributed by atoms with Crippen LogP contribution in [-0.4, -0.2) is 28.4 Å². The molecule has 2 aromatic heterocycles. The van der Waals surface area contributed by atoms with Gasteiger partial charge in [-0.1, -0.05) is 6.07 Å². The van der Waals surface area contributed by atoms with E-state index in [1.807, 2.05) is 39.1 Å². The lowest BCUT2D eigenvalue weighted by Gasteiger charge is -2.25. The summed E-state index contributed by atoms with van der Waals surface area (Å²) in [6.07, 6.45) is 2.01. The summed E-state index contributed by atoms with van der Waals surface area (Å²) in [5, 5.41) is 6.56. The minimum Gasteiger partial charge on any atom is -0.345 e. The fourth-order valence-corrected chi connectivity index (χ4v) is 3.91. The van der Waals surface area contributed by atoms with Gasteiger partial charge in [-0.3, -0.25) is 4.79 Å². The van der Waals surface area contributed by atoms with Crippen LogP contribution >= 0.6 is 0 Å². The molecule has 2 N–H and O–H groups in total. The summed E-state index contributed by atoms with van der Waals surface area (Å²) in [5.74, 6) is 2.39. The predicted octanol–water partition coefficient (Wildman–Crippen LogP) is 1.46. The first kappa shape index (κ1) is 13.8. The van der Waals surface area contributed by atoms with Gasteiger partial charge in [0.05, 0.1) is 16.7 Å². The lowest BCUT2D eigenvalue weighted by Crippen LogP contribution is -2.43. The van der Waals surface area contributed by atoms with Crippen molar-refractivity contribution in [1.82, 2.24) is 20.0 Å². The number of imidazole rings is 1. The van der Waals surface area contributed by atoms with Crippen LogP contribution in [0.5, 0.6) is 0 Å². The fraction of sp³-hybridized carbons (Fsp3) is 0.529. The van der Waals surface area contributed by atoms with E-state index in [2.05, 4.69) is 21.1 Å². The van der Waals surface area contributed by atoms with Gasteiger partial charge in [-0.15, -0.1) is 0 Å². The minimum absolute atomic E-state index is 0.177. The van der Waals surface area contributed by atoms with E-state index in [9.17, 15) is 4.79 Å². The van der Waals surface area contributed by atoms with Crippen molar-refractivity contribution in [1.29, 1.82) is 0 Å². The highest BCUT2D eigenvalue weighted by molar-refractivity contribution is 5.83. The number of fused-ring (bicyclic) bond motifs is 2. The molecule has 5 nitrogen and oxygen atoms in total. The van der Waals surface area contributed by atoms with Crippen LogP contribution in [0.3, 0.4) is 0 Å². The minimum atomic E-state index is -0.470. The number of hydrogen-bond acceptors (Lipinski definition) is 3. The van der Waals surface area contributed by atoms with Crippen LogP contribution in [0, 0.1) is 24.7 Å². The number of hydrogen-bond donors (Lipinski definition) is 2. The monoisotopic (exact) mass is 298 g/mol. The van der Waals surface area contributed by atoms with Crippen LogP contribution in [-0.2, 0) is 10.3 Å². The largest absolute Gasteiger partial charge is 0.345 e. The second-order valence-electron chi connectivity index (χ2n) is 7.09. The summed E-state index contributed by atoms with van der Waals surface area (Å²) in [6.45, 7) is 8.03. The van der Waals surface area contributed by atoms with Crippen LogP contribution in [0.2, 0.25) is 0 Å². The summed E-state index contributed by atoms with van der Waals surface area (Å²) in [5.41, 5.74) is 1.52. The average molecular weight is 298 g/mol. The van der Waals surface area contributed by atoms with E-state index in [-0.39, 0.29) is 11.8 Å². The van der Waals surface area contributed by atoms with Crippen LogP contribution in [0.1, 0.15) is 25.4 Å². The Morgan fingerprint density at radius 2 is 2.09 bits per heavy atom. The van der Waals surface area contributed by atoms with Crippen LogP contribution < -0.4 is 10.6 Å². The predicted molar refractivity (Wildman–Crippen MR) is 84.4 cm³/mol. The molecule has 3 atom stereocenters. The number of pyridine rings is 1. The zero-order chi connectivity index (χ0) is 15.5. The summed E-state index contributed by atoms with van der Waals surface area (Å²) in [4.78, 5) is 17.3. The normalized spacial score (nSPS) is 27.0. The molecule has 2 aliphatic rings. The van der Waals surface area contributed by atoms with Crippen molar-refractivity contribution >= 4 is 11.4 Å². The maximum atomic E-state index is 12.6. The molecule has 5 heteroatoms. The summed E-state index contributed by atoms with van der Waals surface area (Å²) < 4.78 is 2.07. The lowest BCUT2D eigenvalue weighted by atomic mass is 9.98. The lowest BCUT2D eigenvalue weighted by molar-refractivity contribution is -0.124. The molecule has 2 aromatic rings. The number of nitrogens with one attached hydrogen (secondary N) is 2. The number of piperidine rings is 1. The first-order valence-electron chi connectivity index (χ1n) is 7.96. The molecule has 3 heterocycles. The highest BCUT2D eigenvalue weighted by Gasteiger charge is 2.57. The van der Waals surface area contributed by atoms with Gasteiger partial charge >= 0.3 is 0 Å². The molecule has 0 radical (unpaired) electrons. The Labute approximate surface area is 130 Å². The Balaban J connectivity index is 1.61. The molecule has 4 rings (SSSR count). The smallest absolute Gasteiger partial charge is 0.224 e. The van der Waals surface area contributed by atoms with Gasteiger partial charge in [0, 0.05) is 12.1 Å². The highest BCUT2D eigenvalue weighted by atomic mass is 16.2. The molecule has 0 spiro atoms. The van der Waals surface area contributed by atoms with Crippen LogP contribution in [0.15, 0.2) is 24.4 Å². The summed E-state index contributed by atoms with van der Waals surface area (Å²) in [6, 6.07) is 6.06. The Morgan fingerprint density at radius 1 is 1.36 bits per heavy atom. The standard InChI is InChI=1S/C17H22N4O/c1-10-19-15(13-6-4-5-7-21(10)13)17(2,3)20-16(22)14-11-8-18-9-12(11)14/h4-7,11-12,14,18H,8-9H2,1-3H3,(H,20,22)/t11-,12+,14?. The molecule has 1 unspecified atom stereocenters. The van der Waals surface area contributed by atoms with Crippen molar-refractivity contribution in [3.8, 4) is 0 Å². The Morgan fingerprint density at radius 3 is 2.82 bits per heavy atom. The number of nitrogens with zero attached hydrogens (tertiary/aromatic N) is 2. The molecule has 1 amide bonds. The Hall–Kier alpha value is -1.88. The second kappa shape index (κ2) is 4.56. The molecule has 22 heavy (non-hydrogen) atoms. The number of aryl methyl sites for hydroxylation is 1. The van der Waals surface area contributed by atoms with Crippen molar-refractivity contribution in [2.45, 2.75) is 26.3 Å². The summed E-state index contributed by atoms with van der Waals surface area (Å²) >= 11 is 0. The van der Waals surface area contributed by atoms with Crippen molar-refractivity contribution in [3.63, 3.8) is 0 Å². The molecule has 1 saturated heterocycles. The summed E-state index contributed by atoms with van der Waals surface area (Å²) in [7, 11) is 0. The number of aromatic nitrogens is 2. The van der Waals surface area contributed by atoms with E-state index in [0.717, 1.165) is 30.1 Å². The number of carbonyl (C=O) groups excluding carboxylic acids is 1. The molecule has 0 bridgehead atoms. The SMILES string of the molecule is Cc1nc(C(C)(C)NC(=O)C2[C@H]3CNC[C@@H]23)c2ccccn12. The van der Waals surface area contributed by atoms with Gasteiger partial charge in [-0.25, -0.2) is 4.98 Å². The van der Waals surface area contributed by atoms with Gasteiger partial charge in [-0.05, 0) is 57.8 Å². The van der Waals surface area contributed by atoms with Gasteiger partial charge < -0.3 is 15.0 Å². The molecule has 116 valence electrons. The van der Waals surface area contributed by atoms with E-state index < -0.39 is 5.54 Å². The van der Waals surface area contributed by atoms with Crippen LogP contribution in [0.25, 0.3) is 5.52 Å². The van der Waals surface area contributed by atoms with Crippen molar-refractivity contribution in [2.24, 2.45) is 17.8 Å². The molecule has 1 saturated carbocycles. The van der Waals surface area contributed by atoms with E-state index >= 15 is 0 Å². The van der Waals surface area contributed by atoms with Crippen molar-refractivity contribution in [2.75, 3.05) is 13.1 Å². The third-order valence-electron chi connectivity index (χ3n) is 5.15. The van der Waals surface area contributed by atoms with Crippen molar-refractivity contribution in [3.05, 3.63) is 35.9 Å². The van der Waals surface area contributed by atoms with Gasteiger partial charge in [0.15, 0.2) is 0 Å². The fourth-order valence-electron chi connectivity index (χ4n) is 3.91. The average Bonchev–Trinajstić information content (AvgIpc) is 2.82. The second-order valence-corrected chi connectivity index (χ2v) is 7.09. The van der Waals surface area contributed by atoms with Gasteiger partial charge in [0.1, 0.15) is 5.82 Å². The molecule has 2 fully saturated rings. The van der Waals surface area contributed by atoms with Crippen LogP contribution in [0.4, 0.5) is 0 Å². The first-order valence-corrected chi connectivity index (χ1v) is 7.96. The molecular weight excluding hydrogens is 276 g/mol. The quantitative estimate of drug-likeness (QED) is 0.902. The molecule has 0 aromatic carbocycles. The Kier molecular flexibility index (Phi) is 2.85. The van der Waals surface area contributed by atoms with E-state index in [1.54, 1.807) is 0 Å². The van der Waals surface area contributed by atoms with Gasteiger partial charge in [0.25, 0.3) is 0 Å². The highest BCUT2D eigenvalue weighted by Crippen LogP contribution is 2.49. The van der Waals surface area contributed by atoms with E-state index in [4.69, 9.17) is 4.98 Å². The maximum absolute atomic E-state index is 12.6. The molecule has 1 aliphatic carbocycles. The van der Waals surface area contributed by atoms with Gasteiger partial charge in [-0.2, -0.15) is 0 Å². The zero-order valence-corrected chi connectivity index (χ0v) is 13.3. The number of amides is 1. The third-order valence-corrected chi connectivity index (χ3v) is 5.15. The Bertz CT molecular complexity index is 738. The van der Waals surface area contributed by atoms with E-state index in [1.165, 1.54) is 0 Å². The number of rotatable bonds is 3. The van der Waals surface area contributed by atoms with Gasteiger partial charge in [0.2, 0.25) is 5.91 Å². The number of carbonyl (C=O) groups is 1. The maximum Gasteiger partial charge on any atom is 0.224 e. The van der Waals surface area contributed by atoms with E-state index in [0.29, 0.717) is 11.8 Å².